The van der Waals surface area contributed by atoms with Crippen molar-refractivity contribution in [1.29, 1.82) is 0 Å². The standard InChI is InChI=1S/C15H12N6O3S/c1-9-7-14(24-20-9)16-13(22)8-25-15-18-17-12-5-4-10(19-21(12)15)11-3-2-6-23-11/h2-7H,8H2,1H3,(H,16,22). The number of hydrogen-bond donors (Lipinski definition) is 1. The molecule has 0 fully saturated rings. The van der Waals surface area contributed by atoms with Crippen LogP contribution in [0.3, 0.4) is 0 Å². The minimum atomic E-state index is -0.236. The Morgan fingerprint density at radius 2 is 2.24 bits per heavy atom. The molecule has 0 aromatic carbocycles. The number of nitrogens with one attached hydrogen (secondary N) is 1. The van der Waals surface area contributed by atoms with E-state index in [1.165, 1.54) is 11.8 Å². The van der Waals surface area contributed by atoms with Gasteiger partial charge in [0, 0.05) is 6.07 Å². The maximum Gasteiger partial charge on any atom is 0.237 e. The first-order chi connectivity index (χ1) is 12.2. The second-order valence-corrected chi connectivity index (χ2v) is 6.06. The fourth-order valence-electron chi connectivity index (χ4n) is 2.14. The molecular weight excluding hydrogens is 344 g/mol. The number of aryl methyl sites for hydroxylation is 1. The fourth-order valence-corrected chi connectivity index (χ4v) is 2.83. The van der Waals surface area contributed by atoms with Crippen LogP contribution in [0.1, 0.15) is 5.69 Å². The molecule has 0 radical (unpaired) electrons. The number of furan rings is 1. The maximum absolute atomic E-state index is 12.0. The summed E-state index contributed by atoms with van der Waals surface area (Å²) in [5.41, 5.74) is 1.94. The highest BCUT2D eigenvalue weighted by molar-refractivity contribution is 7.99. The van der Waals surface area contributed by atoms with E-state index in [0.717, 1.165) is 0 Å². The largest absolute Gasteiger partial charge is 0.463 e. The van der Waals surface area contributed by atoms with E-state index in [0.29, 0.717) is 33.8 Å². The minimum absolute atomic E-state index is 0.132. The molecule has 126 valence electrons. The fraction of sp³-hybridized carbons (Fsp3) is 0.133. The Labute approximate surface area is 145 Å². The number of amides is 1. The third-order valence-corrected chi connectivity index (χ3v) is 4.15. The lowest BCUT2D eigenvalue weighted by molar-refractivity contribution is -0.113. The molecule has 0 saturated carbocycles. The van der Waals surface area contributed by atoms with Crippen LogP contribution in [0.2, 0.25) is 0 Å². The first-order valence-electron chi connectivity index (χ1n) is 7.31. The Balaban J connectivity index is 1.49. The summed E-state index contributed by atoms with van der Waals surface area (Å²) < 4.78 is 11.9. The van der Waals surface area contributed by atoms with Gasteiger partial charge in [0.2, 0.25) is 16.9 Å². The van der Waals surface area contributed by atoms with Crippen molar-refractivity contribution in [3.8, 4) is 11.5 Å². The molecule has 0 aliphatic heterocycles. The Kier molecular flexibility index (Phi) is 3.94. The van der Waals surface area contributed by atoms with Crippen molar-refractivity contribution in [2.75, 3.05) is 11.1 Å². The van der Waals surface area contributed by atoms with Crippen molar-refractivity contribution >= 4 is 29.2 Å². The van der Waals surface area contributed by atoms with Gasteiger partial charge in [-0.3, -0.25) is 10.1 Å². The average molecular weight is 356 g/mol. The Morgan fingerprint density at radius 1 is 1.32 bits per heavy atom. The number of carbonyl (C=O) groups excluding carboxylic acids is 1. The smallest absolute Gasteiger partial charge is 0.237 e. The minimum Gasteiger partial charge on any atom is -0.463 e. The van der Waals surface area contributed by atoms with Crippen LogP contribution in [0, 0.1) is 6.92 Å². The SMILES string of the molecule is Cc1cc(NC(=O)CSc2nnc3ccc(-c4ccco4)nn23)on1. The van der Waals surface area contributed by atoms with Gasteiger partial charge in [0.15, 0.2) is 11.4 Å². The van der Waals surface area contributed by atoms with Crippen LogP contribution in [0.5, 0.6) is 0 Å². The van der Waals surface area contributed by atoms with Crippen molar-refractivity contribution in [3.05, 3.63) is 42.3 Å². The summed E-state index contributed by atoms with van der Waals surface area (Å²) >= 11 is 1.22. The van der Waals surface area contributed by atoms with Crippen molar-refractivity contribution in [2.24, 2.45) is 0 Å². The predicted octanol–water partition coefficient (Wildman–Crippen LogP) is 2.41. The van der Waals surface area contributed by atoms with Crippen molar-refractivity contribution in [2.45, 2.75) is 12.1 Å². The molecular formula is C15H12N6O3S. The zero-order valence-corrected chi connectivity index (χ0v) is 13.9. The summed E-state index contributed by atoms with van der Waals surface area (Å²) in [4.78, 5) is 12.0. The van der Waals surface area contributed by atoms with E-state index in [2.05, 4.69) is 25.8 Å². The third-order valence-electron chi connectivity index (χ3n) is 3.23. The summed E-state index contributed by atoms with van der Waals surface area (Å²) in [6.07, 6.45) is 1.58. The molecule has 9 nitrogen and oxygen atoms in total. The zero-order chi connectivity index (χ0) is 17.2. The number of aromatic nitrogens is 5. The average Bonchev–Trinajstić information content (AvgIpc) is 3.33. The van der Waals surface area contributed by atoms with E-state index in [4.69, 9.17) is 8.94 Å². The molecule has 4 aromatic rings. The van der Waals surface area contributed by atoms with E-state index in [1.807, 2.05) is 6.07 Å². The molecule has 0 aliphatic carbocycles. The molecule has 1 amide bonds. The van der Waals surface area contributed by atoms with Crippen molar-refractivity contribution in [1.82, 2.24) is 25.0 Å². The molecule has 0 spiro atoms. The summed E-state index contributed by atoms with van der Waals surface area (Å²) in [5.74, 6) is 0.852. The second kappa shape index (κ2) is 6.40. The molecule has 0 saturated heterocycles. The number of nitrogens with zero attached hydrogens (tertiary/aromatic N) is 5. The highest BCUT2D eigenvalue weighted by Gasteiger charge is 2.13. The van der Waals surface area contributed by atoms with Crippen molar-refractivity contribution < 1.29 is 13.7 Å². The van der Waals surface area contributed by atoms with Gasteiger partial charge in [0.1, 0.15) is 5.69 Å². The van der Waals surface area contributed by atoms with E-state index < -0.39 is 0 Å². The van der Waals surface area contributed by atoms with Gasteiger partial charge in [-0.15, -0.1) is 10.2 Å². The van der Waals surface area contributed by atoms with Crippen molar-refractivity contribution in [3.63, 3.8) is 0 Å². The number of carbonyl (C=O) groups is 1. The van der Waals surface area contributed by atoms with E-state index >= 15 is 0 Å². The highest BCUT2D eigenvalue weighted by Crippen LogP contribution is 2.21. The Hall–Kier alpha value is -3.14. The monoisotopic (exact) mass is 356 g/mol. The van der Waals surface area contributed by atoms with Crippen LogP contribution in [0.4, 0.5) is 5.88 Å². The first-order valence-corrected chi connectivity index (χ1v) is 8.30. The topological polar surface area (TPSA) is 111 Å². The van der Waals surface area contributed by atoms with E-state index in [-0.39, 0.29) is 11.7 Å². The number of thioether (sulfide) groups is 1. The molecule has 1 N–H and O–H groups in total. The van der Waals surface area contributed by atoms with Crippen LogP contribution in [0.15, 0.2) is 50.7 Å². The van der Waals surface area contributed by atoms with Gasteiger partial charge >= 0.3 is 0 Å². The predicted molar refractivity (Wildman–Crippen MR) is 89.1 cm³/mol. The number of fused-ring (bicyclic) bond motifs is 1. The van der Waals surface area contributed by atoms with Crippen LogP contribution in [-0.2, 0) is 4.79 Å². The van der Waals surface area contributed by atoms with Crippen LogP contribution in [0.25, 0.3) is 17.1 Å². The molecule has 4 rings (SSSR count). The molecule has 25 heavy (non-hydrogen) atoms. The van der Waals surface area contributed by atoms with E-state index in [9.17, 15) is 4.79 Å². The van der Waals surface area contributed by atoms with Gasteiger partial charge in [0.05, 0.1) is 17.7 Å². The molecule has 0 aliphatic rings. The second-order valence-electron chi connectivity index (χ2n) is 5.12. The van der Waals surface area contributed by atoms with E-state index in [1.54, 1.807) is 42.0 Å². The van der Waals surface area contributed by atoms with Gasteiger partial charge in [-0.25, -0.2) is 0 Å². The zero-order valence-electron chi connectivity index (χ0n) is 13.0. The summed E-state index contributed by atoms with van der Waals surface area (Å²) in [6, 6.07) is 8.85. The normalized spacial score (nSPS) is 11.1. The van der Waals surface area contributed by atoms with Crippen LogP contribution < -0.4 is 5.32 Å². The van der Waals surface area contributed by atoms with Gasteiger partial charge < -0.3 is 8.94 Å². The van der Waals surface area contributed by atoms with Gasteiger partial charge in [-0.2, -0.15) is 9.61 Å². The molecule has 4 aromatic heterocycles. The Morgan fingerprint density at radius 3 is 3.00 bits per heavy atom. The molecule has 0 bridgehead atoms. The summed E-state index contributed by atoms with van der Waals surface area (Å²) in [6.45, 7) is 1.78. The van der Waals surface area contributed by atoms with Crippen LogP contribution >= 0.6 is 11.8 Å². The molecule has 4 heterocycles. The lowest BCUT2D eigenvalue weighted by Gasteiger charge is -2.01. The highest BCUT2D eigenvalue weighted by atomic mass is 32.2. The number of rotatable bonds is 5. The third kappa shape index (κ3) is 3.24. The van der Waals surface area contributed by atoms with Gasteiger partial charge in [0.25, 0.3) is 0 Å². The summed E-state index contributed by atoms with van der Waals surface area (Å²) in [5, 5.41) is 19.4. The maximum atomic E-state index is 12.0. The van der Waals surface area contributed by atoms with Gasteiger partial charge in [-0.05, 0) is 31.2 Å². The number of anilines is 1. The molecule has 0 atom stereocenters. The van der Waals surface area contributed by atoms with Gasteiger partial charge in [-0.1, -0.05) is 16.9 Å². The van der Waals surface area contributed by atoms with Crippen LogP contribution in [-0.4, -0.2) is 36.6 Å². The first kappa shape index (κ1) is 15.4. The number of hydrogen-bond acceptors (Lipinski definition) is 8. The summed E-state index contributed by atoms with van der Waals surface area (Å²) in [7, 11) is 0. The lowest BCUT2D eigenvalue weighted by atomic mass is 10.3. The molecule has 10 heteroatoms. The lowest BCUT2D eigenvalue weighted by Crippen LogP contribution is -2.13. The Bertz CT molecular complexity index is 1020. The molecule has 0 unspecified atom stereocenters. The quantitative estimate of drug-likeness (QED) is 0.543.